The zero-order chi connectivity index (χ0) is 18.8. The van der Waals surface area contributed by atoms with Crippen molar-refractivity contribution in [3.05, 3.63) is 57.5 Å². The van der Waals surface area contributed by atoms with Crippen LogP contribution >= 0.6 is 34.7 Å². The Labute approximate surface area is 168 Å². The largest absolute Gasteiger partial charge is 0.368 e. The number of halogens is 1. The standard InChI is InChI=1S/C18H13ClN4O2S2/c19-12-3-1-11(2-4-12)9-14-17(24)23(18(25)27-14)7-6-20-15-13-5-8-26-16(13)22-10-21-15/h1-5,8-10H,6-7H2,(H,20,21,22). The number of anilines is 1. The third kappa shape index (κ3) is 3.83. The fourth-order valence-corrected chi connectivity index (χ4v) is 4.34. The van der Waals surface area contributed by atoms with E-state index >= 15 is 0 Å². The Hall–Kier alpha value is -2.42. The highest BCUT2D eigenvalue weighted by Gasteiger charge is 2.34. The van der Waals surface area contributed by atoms with Gasteiger partial charge in [-0.2, -0.15) is 0 Å². The van der Waals surface area contributed by atoms with Gasteiger partial charge in [-0.1, -0.05) is 23.7 Å². The highest BCUT2D eigenvalue weighted by Crippen LogP contribution is 2.32. The lowest BCUT2D eigenvalue weighted by atomic mass is 10.2. The van der Waals surface area contributed by atoms with Crippen molar-refractivity contribution in [2.75, 3.05) is 18.4 Å². The highest BCUT2D eigenvalue weighted by molar-refractivity contribution is 8.18. The summed E-state index contributed by atoms with van der Waals surface area (Å²) in [6.45, 7) is 0.673. The predicted molar refractivity (Wildman–Crippen MR) is 110 cm³/mol. The van der Waals surface area contributed by atoms with E-state index in [4.69, 9.17) is 11.6 Å². The topological polar surface area (TPSA) is 75.2 Å². The molecule has 0 radical (unpaired) electrons. The molecule has 0 saturated carbocycles. The molecular formula is C18H13ClN4O2S2. The van der Waals surface area contributed by atoms with Crippen molar-refractivity contribution in [2.24, 2.45) is 0 Å². The molecule has 9 heteroatoms. The van der Waals surface area contributed by atoms with Crippen molar-refractivity contribution in [1.82, 2.24) is 14.9 Å². The molecule has 1 aliphatic rings. The number of thiophene rings is 1. The molecule has 2 amide bonds. The third-order valence-corrected chi connectivity index (χ3v) is 5.91. The molecule has 1 fully saturated rings. The Kier molecular flexibility index (Phi) is 5.11. The van der Waals surface area contributed by atoms with Gasteiger partial charge >= 0.3 is 0 Å². The summed E-state index contributed by atoms with van der Waals surface area (Å²) in [4.78, 5) is 35.7. The number of nitrogens with one attached hydrogen (secondary N) is 1. The Morgan fingerprint density at radius 2 is 1.96 bits per heavy atom. The van der Waals surface area contributed by atoms with E-state index in [1.807, 2.05) is 11.4 Å². The molecule has 0 spiro atoms. The summed E-state index contributed by atoms with van der Waals surface area (Å²) < 4.78 is 0. The molecule has 1 saturated heterocycles. The van der Waals surface area contributed by atoms with Crippen molar-refractivity contribution in [1.29, 1.82) is 0 Å². The first-order valence-electron chi connectivity index (χ1n) is 8.05. The number of hydrogen-bond donors (Lipinski definition) is 1. The molecule has 0 bridgehead atoms. The lowest BCUT2D eigenvalue weighted by molar-refractivity contribution is -0.122. The average molecular weight is 417 g/mol. The first-order valence-corrected chi connectivity index (χ1v) is 10.1. The van der Waals surface area contributed by atoms with Crippen LogP contribution in [0, 0.1) is 0 Å². The summed E-state index contributed by atoms with van der Waals surface area (Å²) in [5, 5.41) is 6.40. The maximum Gasteiger partial charge on any atom is 0.293 e. The Balaban J connectivity index is 1.42. The summed E-state index contributed by atoms with van der Waals surface area (Å²) in [7, 11) is 0. The number of thioether (sulfide) groups is 1. The second kappa shape index (κ2) is 7.67. The fraction of sp³-hybridized carbons (Fsp3) is 0.111. The molecule has 0 aliphatic carbocycles. The van der Waals surface area contributed by atoms with Gasteiger partial charge in [0.15, 0.2) is 0 Å². The summed E-state index contributed by atoms with van der Waals surface area (Å²) in [5.41, 5.74) is 0.823. The van der Waals surface area contributed by atoms with Crippen molar-refractivity contribution in [3.8, 4) is 0 Å². The van der Waals surface area contributed by atoms with E-state index in [0.717, 1.165) is 27.5 Å². The monoisotopic (exact) mass is 416 g/mol. The van der Waals surface area contributed by atoms with Gasteiger partial charge in [0.05, 0.1) is 10.3 Å². The Morgan fingerprint density at radius 3 is 2.78 bits per heavy atom. The second-order valence-electron chi connectivity index (χ2n) is 5.67. The van der Waals surface area contributed by atoms with Gasteiger partial charge < -0.3 is 5.32 Å². The zero-order valence-electron chi connectivity index (χ0n) is 13.9. The number of benzene rings is 1. The van der Waals surface area contributed by atoms with E-state index < -0.39 is 0 Å². The first-order chi connectivity index (χ1) is 13.1. The summed E-state index contributed by atoms with van der Waals surface area (Å²) in [6, 6.07) is 9.04. The molecule has 6 nitrogen and oxygen atoms in total. The van der Waals surface area contributed by atoms with Gasteiger partial charge in [0.1, 0.15) is 17.0 Å². The van der Waals surface area contributed by atoms with Gasteiger partial charge in [-0.15, -0.1) is 11.3 Å². The minimum atomic E-state index is -0.287. The molecule has 4 rings (SSSR count). The number of rotatable bonds is 5. The number of imide groups is 1. The van der Waals surface area contributed by atoms with Gasteiger partial charge in [0, 0.05) is 18.1 Å². The number of hydrogen-bond acceptors (Lipinski definition) is 7. The zero-order valence-corrected chi connectivity index (χ0v) is 16.3. The van der Waals surface area contributed by atoms with Gasteiger partial charge in [-0.05, 0) is 47.0 Å². The third-order valence-electron chi connectivity index (χ3n) is 3.93. The number of aromatic nitrogens is 2. The lowest BCUT2D eigenvalue weighted by Gasteiger charge is -2.13. The Bertz CT molecular complexity index is 1050. The average Bonchev–Trinajstić information content (AvgIpc) is 3.24. The predicted octanol–water partition coefficient (Wildman–Crippen LogP) is 4.49. The van der Waals surface area contributed by atoms with Crippen LogP contribution in [0.3, 0.4) is 0 Å². The van der Waals surface area contributed by atoms with Crippen LogP contribution in [0.5, 0.6) is 0 Å². The van der Waals surface area contributed by atoms with Crippen LogP contribution in [-0.2, 0) is 4.79 Å². The molecule has 2 aromatic heterocycles. The summed E-state index contributed by atoms with van der Waals surface area (Å²) >= 11 is 8.35. The number of nitrogens with zero attached hydrogens (tertiary/aromatic N) is 3. The molecular weight excluding hydrogens is 404 g/mol. The number of carbonyl (C=O) groups is 2. The van der Waals surface area contributed by atoms with Gasteiger partial charge in [0.2, 0.25) is 0 Å². The maximum absolute atomic E-state index is 12.5. The lowest BCUT2D eigenvalue weighted by Crippen LogP contribution is -2.33. The Morgan fingerprint density at radius 1 is 1.15 bits per heavy atom. The van der Waals surface area contributed by atoms with Crippen LogP contribution in [0.15, 0.2) is 46.9 Å². The van der Waals surface area contributed by atoms with Crippen LogP contribution in [-0.4, -0.2) is 39.1 Å². The van der Waals surface area contributed by atoms with Crippen LogP contribution in [0.2, 0.25) is 5.02 Å². The molecule has 0 unspecified atom stereocenters. The van der Waals surface area contributed by atoms with Crippen molar-refractivity contribution >= 4 is 68.0 Å². The van der Waals surface area contributed by atoms with E-state index in [1.54, 1.807) is 30.3 Å². The molecule has 136 valence electrons. The van der Waals surface area contributed by atoms with E-state index in [1.165, 1.54) is 22.6 Å². The highest BCUT2D eigenvalue weighted by atomic mass is 35.5. The number of carbonyl (C=O) groups excluding carboxylic acids is 2. The van der Waals surface area contributed by atoms with Gasteiger partial charge in [-0.3, -0.25) is 14.5 Å². The smallest absolute Gasteiger partial charge is 0.293 e. The molecule has 1 N–H and O–H groups in total. The van der Waals surface area contributed by atoms with Crippen molar-refractivity contribution in [3.63, 3.8) is 0 Å². The number of fused-ring (bicyclic) bond motifs is 1. The summed E-state index contributed by atoms with van der Waals surface area (Å²) in [5.74, 6) is 0.412. The van der Waals surface area contributed by atoms with Crippen LogP contribution in [0.4, 0.5) is 10.6 Å². The van der Waals surface area contributed by atoms with Crippen LogP contribution < -0.4 is 5.32 Å². The molecule has 3 aromatic rings. The van der Waals surface area contributed by atoms with Crippen LogP contribution in [0.25, 0.3) is 16.3 Å². The molecule has 1 aromatic carbocycles. The molecule has 1 aliphatic heterocycles. The number of amides is 2. The SMILES string of the molecule is O=C1SC(=Cc2ccc(Cl)cc2)C(=O)N1CCNc1ncnc2sccc12. The van der Waals surface area contributed by atoms with Gasteiger partial charge in [0.25, 0.3) is 11.1 Å². The first kappa shape index (κ1) is 18.0. The minimum Gasteiger partial charge on any atom is -0.368 e. The normalized spacial score (nSPS) is 15.9. The van der Waals surface area contributed by atoms with E-state index in [-0.39, 0.29) is 17.7 Å². The molecule has 27 heavy (non-hydrogen) atoms. The van der Waals surface area contributed by atoms with Crippen molar-refractivity contribution in [2.45, 2.75) is 0 Å². The maximum atomic E-state index is 12.5. The van der Waals surface area contributed by atoms with Crippen molar-refractivity contribution < 1.29 is 9.59 Å². The van der Waals surface area contributed by atoms with Crippen LogP contribution in [0.1, 0.15) is 5.56 Å². The fourth-order valence-electron chi connectivity index (χ4n) is 2.62. The minimum absolute atomic E-state index is 0.262. The summed E-state index contributed by atoms with van der Waals surface area (Å²) in [6.07, 6.45) is 3.20. The molecule has 3 heterocycles. The van der Waals surface area contributed by atoms with E-state index in [0.29, 0.717) is 22.3 Å². The quantitative estimate of drug-likeness (QED) is 0.617. The molecule has 0 atom stereocenters. The van der Waals surface area contributed by atoms with E-state index in [2.05, 4.69) is 15.3 Å². The second-order valence-corrected chi connectivity index (χ2v) is 8.00. The van der Waals surface area contributed by atoms with E-state index in [9.17, 15) is 9.59 Å². The van der Waals surface area contributed by atoms with Gasteiger partial charge in [-0.25, -0.2) is 9.97 Å².